The number of carbonyl (C=O) groups excluding carboxylic acids is 1. The fraction of sp³-hybridized carbons (Fsp3) is 0.350. The van der Waals surface area contributed by atoms with E-state index in [0.717, 1.165) is 52.6 Å². The van der Waals surface area contributed by atoms with Crippen molar-refractivity contribution in [1.29, 1.82) is 0 Å². The lowest BCUT2D eigenvalue weighted by Gasteiger charge is -2.28. The Balaban J connectivity index is 1.70. The molecule has 0 aliphatic carbocycles. The summed E-state index contributed by atoms with van der Waals surface area (Å²) in [4.78, 5) is 32.7. The fourth-order valence-corrected chi connectivity index (χ4v) is 4.23. The minimum Gasteiger partial charge on any atom is -0.354 e. The lowest BCUT2D eigenvalue weighted by molar-refractivity contribution is 0.0941. The van der Waals surface area contributed by atoms with Crippen molar-refractivity contribution in [2.45, 2.75) is 20.4 Å². The molecule has 28 heavy (non-hydrogen) atoms. The summed E-state index contributed by atoms with van der Waals surface area (Å²) < 4.78 is 0. The van der Waals surface area contributed by atoms with Crippen LogP contribution in [-0.4, -0.2) is 50.4 Å². The molecule has 4 heterocycles. The molecule has 1 amide bonds. The van der Waals surface area contributed by atoms with Gasteiger partial charge in [-0.05, 0) is 43.2 Å². The van der Waals surface area contributed by atoms with Crippen LogP contribution in [0.5, 0.6) is 0 Å². The summed E-state index contributed by atoms with van der Waals surface area (Å²) in [5.74, 6) is 2.77. The zero-order chi connectivity index (χ0) is 19.5. The number of aryl methyl sites for hydroxylation is 2. The molecule has 0 bridgehead atoms. The Morgan fingerprint density at radius 3 is 2.64 bits per heavy atom. The molecule has 1 N–H and O–H groups in total. The van der Waals surface area contributed by atoms with E-state index in [4.69, 9.17) is 0 Å². The molecular weight excluding hydrogens is 372 g/mol. The fourth-order valence-electron chi connectivity index (χ4n) is 3.32. The van der Waals surface area contributed by atoms with Crippen LogP contribution in [0.4, 0.5) is 5.82 Å². The van der Waals surface area contributed by atoms with E-state index in [9.17, 15) is 4.79 Å². The van der Waals surface area contributed by atoms with Crippen molar-refractivity contribution in [3.05, 3.63) is 53.2 Å². The molecule has 0 spiro atoms. The Kier molecular flexibility index (Phi) is 5.38. The molecule has 144 valence electrons. The summed E-state index contributed by atoms with van der Waals surface area (Å²) >= 11 is 1.94. The van der Waals surface area contributed by atoms with Crippen LogP contribution in [0.15, 0.2) is 30.6 Å². The number of pyridine rings is 2. The van der Waals surface area contributed by atoms with Gasteiger partial charge in [-0.2, -0.15) is 11.8 Å². The van der Waals surface area contributed by atoms with Crippen molar-refractivity contribution in [3.63, 3.8) is 0 Å². The van der Waals surface area contributed by atoms with Gasteiger partial charge in [-0.15, -0.1) is 0 Å². The number of nitrogens with one attached hydrogen (secondary N) is 1. The van der Waals surface area contributed by atoms with Crippen LogP contribution in [0.25, 0.3) is 11.0 Å². The molecule has 1 fully saturated rings. The number of carbonyl (C=O) groups is 1. The van der Waals surface area contributed by atoms with E-state index < -0.39 is 0 Å². The number of anilines is 1. The Labute approximate surface area is 168 Å². The van der Waals surface area contributed by atoms with Gasteiger partial charge in [-0.1, -0.05) is 0 Å². The lowest BCUT2D eigenvalue weighted by atomic mass is 10.1. The Hall–Kier alpha value is -2.74. The number of thioether (sulfide) groups is 1. The van der Waals surface area contributed by atoms with Crippen molar-refractivity contribution in [3.8, 4) is 0 Å². The summed E-state index contributed by atoms with van der Waals surface area (Å²) in [6.07, 6.45) is 3.41. The molecule has 0 saturated carbocycles. The Bertz CT molecular complexity index is 1000. The van der Waals surface area contributed by atoms with Crippen LogP contribution in [-0.2, 0) is 6.54 Å². The third kappa shape index (κ3) is 3.91. The van der Waals surface area contributed by atoms with Crippen LogP contribution in [0.3, 0.4) is 0 Å². The highest BCUT2D eigenvalue weighted by Gasteiger charge is 2.22. The van der Waals surface area contributed by atoms with Crippen LogP contribution in [0.1, 0.15) is 27.4 Å². The van der Waals surface area contributed by atoms with E-state index in [-0.39, 0.29) is 11.7 Å². The van der Waals surface area contributed by atoms with Crippen LogP contribution < -0.4 is 10.2 Å². The summed E-state index contributed by atoms with van der Waals surface area (Å²) in [6, 6.07) is 5.77. The third-order valence-corrected chi connectivity index (χ3v) is 5.63. The number of hydrogen-bond acceptors (Lipinski definition) is 7. The topological polar surface area (TPSA) is 83.9 Å². The monoisotopic (exact) mass is 394 g/mol. The average molecular weight is 395 g/mol. The largest absolute Gasteiger partial charge is 0.354 e. The number of aromatic nitrogens is 4. The van der Waals surface area contributed by atoms with E-state index in [1.165, 1.54) is 0 Å². The quantitative estimate of drug-likeness (QED) is 0.728. The van der Waals surface area contributed by atoms with Gasteiger partial charge in [-0.25, -0.2) is 15.0 Å². The molecule has 1 aliphatic rings. The number of fused-ring (bicyclic) bond motifs is 1. The summed E-state index contributed by atoms with van der Waals surface area (Å²) in [6.45, 7) is 6.20. The lowest BCUT2D eigenvalue weighted by Crippen LogP contribution is -2.34. The molecule has 0 radical (unpaired) electrons. The van der Waals surface area contributed by atoms with Gasteiger partial charge in [-0.3, -0.25) is 9.78 Å². The highest BCUT2D eigenvalue weighted by atomic mass is 32.2. The molecule has 0 aromatic carbocycles. The van der Waals surface area contributed by atoms with Crippen LogP contribution >= 0.6 is 11.8 Å². The molecular formula is C20H22N6OS. The zero-order valence-electron chi connectivity index (χ0n) is 16.0. The van der Waals surface area contributed by atoms with Crippen molar-refractivity contribution in [1.82, 2.24) is 25.3 Å². The van der Waals surface area contributed by atoms with Gasteiger partial charge in [0.05, 0.1) is 5.39 Å². The number of amides is 1. The van der Waals surface area contributed by atoms with E-state index >= 15 is 0 Å². The minimum atomic E-state index is -0.299. The van der Waals surface area contributed by atoms with Gasteiger partial charge >= 0.3 is 0 Å². The molecule has 0 atom stereocenters. The van der Waals surface area contributed by atoms with Gasteiger partial charge in [0.1, 0.15) is 5.82 Å². The zero-order valence-corrected chi connectivity index (χ0v) is 16.8. The first kappa shape index (κ1) is 18.6. The van der Waals surface area contributed by atoms with E-state index in [0.29, 0.717) is 12.2 Å². The standard InChI is InChI=1S/C20H22N6OS/c1-13-11-14(2)23-17-16(13)19(26-7-9-28-10-8-26)25-18(24-17)20(27)22-12-15-3-5-21-6-4-15/h3-6,11H,7-10,12H2,1-2H3,(H,22,27). The average Bonchev–Trinajstić information content (AvgIpc) is 2.72. The Morgan fingerprint density at radius 2 is 1.89 bits per heavy atom. The second-order valence-corrected chi connectivity index (χ2v) is 8.01. The van der Waals surface area contributed by atoms with Gasteiger partial charge < -0.3 is 10.2 Å². The first-order valence-corrected chi connectivity index (χ1v) is 10.4. The summed E-state index contributed by atoms with van der Waals surface area (Å²) in [7, 11) is 0. The maximum atomic E-state index is 12.8. The maximum absolute atomic E-state index is 12.8. The highest BCUT2D eigenvalue weighted by Crippen LogP contribution is 2.28. The smallest absolute Gasteiger partial charge is 0.289 e. The van der Waals surface area contributed by atoms with E-state index in [1.807, 2.05) is 43.8 Å². The van der Waals surface area contributed by atoms with Gasteiger partial charge in [0.15, 0.2) is 5.65 Å². The molecule has 1 aliphatic heterocycles. The van der Waals surface area contributed by atoms with Crippen LogP contribution in [0, 0.1) is 13.8 Å². The number of hydrogen-bond donors (Lipinski definition) is 1. The van der Waals surface area contributed by atoms with Crippen molar-refractivity contribution < 1.29 is 4.79 Å². The van der Waals surface area contributed by atoms with Crippen molar-refractivity contribution in [2.24, 2.45) is 0 Å². The molecule has 8 heteroatoms. The van der Waals surface area contributed by atoms with Gasteiger partial charge in [0.25, 0.3) is 5.91 Å². The molecule has 3 aromatic heterocycles. The molecule has 0 unspecified atom stereocenters. The molecule has 7 nitrogen and oxygen atoms in total. The van der Waals surface area contributed by atoms with E-state index in [1.54, 1.807) is 12.4 Å². The summed E-state index contributed by atoms with van der Waals surface area (Å²) in [5.41, 5.74) is 3.52. The van der Waals surface area contributed by atoms with Crippen LogP contribution in [0.2, 0.25) is 0 Å². The molecule has 3 aromatic rings. The summed E-state index contributed by atoms with van der Waals surface area (Å²) in [5, 5.41) is 3.83. The second-order valence-electron chi connectivity index (χ2n) is 6.79. The number of nitrogens with zero attached hydrogens (tertiary/aromatic N) is 5. The predicted molar refractivity (Wildman–Crippen MR) is 112 cm³/mol. The first-order valence-electron chi connectivity index (χ1n) is 9.27. The Morgan fingerprint density at radius 1 is 1.14 bits per heavy atom. The highest BCUT2D eigenvalue weighted by molar-refractivity contribution is 7.99. The maximum Gasteiger partial charge on any atom is 0.289 e. The van der Waals surface area contributed by atoms with Crippen molar-refractivity contribution in [2.75, 3.05) is 29.5 Å². The third-order valence-electron chi connectivity index (χ3n) is 4.69. The minimum absolute atomic E-state index is 0.160. The SMILES string of the molecule is Cc1cc(C)c2c(N3CCSCC3)nc(C(=O)NCc3ccncc3)nc2n1. The number of rotatable bonds is 4. The second kappa shape index (κ2) is 8.10. The predicted octanol–water partition coefficient (Wildman–Crippen LogP) is 2.52. The molecule has 1 saturated heterocycles. The van der Waals surface area contributed by atoms with E-state index in [2.05, 4.69) is 30.2 Å². The molecule has 4 rings (SSSR count). The van der Waals surface area contributed by atoms with Gasteiger partial charge in [0.2, 0.25) is 5.82 Å². The first-order chi connectivity index (χ1) is 13.6. The van der Waals surface area contributed by atoms with Crippen molar-refractivity contribution >= 4 is 34.5 Å². The normalized spacial score (nSPS) is 14.3. The van der Waals surface area contributed by atoms with Gasteiger partial charge in [0, 0.05) is 49.2 Å².